The van der Waals surface area contributed by atoms with Gasteiger partial charge in [-0.15, -0.1) is 0 Å². The monoisotopic (exact) mass is 348 g/mol. The van der Waals surface area contributed by atoms with E-state index in [-0.39, 0.29) is 5.41 Å². The highest BCUT2D eigenvalue weighted by molar-refractivity contribution is 5.14. The van der Waals surface area contributed by atoms with Crippen LogP contribution in [0.25, 0.3) is 0 Å². The lowest BCUT2D eigenvalue weighted by Gasteiger charge is -2.39. The van der Waals surface area contributed by atoms with E-state index in [2.05, 4.69) is 59.8 Å². The Morgan fingerprint density at radius 2 is 1.64 bits per heavy atom. The van der Waals surface area contributed by atoms with Gasteiger partial charge in [-0.05, 0) is 58.4 Å². The van der Waals surface area contributed by atoms with Crippen LogP contribution in [0.5, 0.6) is 0 Å². The Bertz CT molecular complexity index is 470. The highest BCUT2D eigenvalue weighted by atomic mass is 16.7. The molecule has 1 aliphatic heterocycles. The van der Waals surface area contributed by atoms with Gasteiger partial charge in [0.25, 0.3) is 0 Å². The second kappa shape index (κ2) is 10.3. The van der Waals surface area contributed by atoms with Crippen LogP contribution in [0.1, 0.15) is 80.6 Å². The van der Waals surface area contributed by atoms with Gasteiger partial charge in [-0.3, -0.25) is 0 Å². The third kappa shape index (κ3) is 10.0. The van der Waals surface area contributed by atoms with Crippen LogP contribution < -0.4 is 0 Å². The average Bonchev–Trinajstić information content (AvgIpc) is 2.50. The number of hydrogen-bond acceptors (Lipinski definition) is 2. The zero-order valence-corrected chi connectivity index (χ0v) is 17.7. The quantitative estimate of drug-likeness (QED) is 0.336. The van der Waals surface area contributed by atoms with Gasteiger partial charge in [0, 0.05) is 5.41 Å². The Labute approximate surface area is 156 Å². The molecule has 1 aliphatic rings. The van der Waals surface area contributed by atoms with Crippen LogP contribution >= 0.6 is 0 Å². The van der Waals surface area contributed by atoms with Gasteiger partial charge in [-0.1, -0.05) is 63.5 Å². The van der Waals surface area contributed by atoms with E-state index in [0.717, 1.165) is 32.0 Å². The van der Waals surface area contributed by atoms with E-state index >= 15 is 0 Å². The van der Waals surface area contributed by atoms with Crippen molar-refractivity contribution in [1.29, 1.82) is 0 Å². The summed E-state index contributed by atoms with van der Waals surface area (Å²) in [6.07, 6.45) is 14.8. The van der Waals surface area contributed by atoms with Crippen molar-refractivity contribution in [2.75, 3.05) is 13.2 Å². The summed E-state index contributed by atoms with van der Waals surface area (Å²) in [4.78, 5) is 0. The molecule has 2 heteroatoms. The van der Waals surface area contributed by atoms with Crippen LogP contribution in [0.2, 0.25) is 0 Å². The van der Waals surface area contributed by atoms with Crippen molar-refractivity contribution in [3.05, 3.63) is 35.5 Å². The SMILES string of the molecule is CC(=CC=CC1(C)OCC(C)(C)CO1)CCC=C(C)CCCC(C)C. The molecular weight excluding hydrogens is 308 g/mol. The van der Waals surface area contributed by atoms with E-state index < -0.39 is 5.79 Å². The maximum absolute atomic E-state index is 5.88. The lowest BCUT2D eigenvalue weighted by Crippen LogP contribution is -2.44. The molecule has 144 valence electrons. The van der Waals surface area contributed by atoms with E-state index in [1.165, 1.54) is 30.4 Å². The standard InChI is InChI=1S/C23H40O2/c1-19(2)11-8-12-20(3)13-9-14-21(4)15-10-16-23(7)24-17-22(5,6)18-25-23/h10,13,15-16,19H,8-9,11-12,14,17-18H2,1-7H3. The highest BCUT2D eigenvalue weighted by Crippen LogP contribution is 2.29. The number of hydrogen-bond donors (Lipinski definition) is 0. The molecule has 1 rings (SSSR count). The van der Waals surface area contributed by atoms with E-state index in [0.29, 0.717) is 0 Å². The first-order valence-corrected chi connectivity index (χ1v) is 9.90. The number of ether oxygens (including phenoxy) is 2. The number of rotatable bonds is 9. The van der Waals surface area contributed by atoms with Crippen molar-refractivity contribution in [1.82, 2.24) is 0 Å². The molecule has 0 bridgehead atoms. The normalized spacial score (nSPS) is 21.3. The minimum atomic E-state index is -0.584. The maximum atomic E-state index is 5.88. The van der Waals surface area contributed by atoms with Gasteiger partial charge in [0.1, 0.15) is 0 Å². The number of allylic oxidation sites excluding steroid dienone is 5. The Hall–Kier alpha value is -0.860. The van der Waals surface area contributed by atoms with Crippen molar-refractivity contribution in [2.45, 2.75) is 86.4 Å². The molecule has 25 heavy (non-hydrogen) atoms. The first kappa shape index (κ1) is 22.2. The van der Waals surface area contributed by atoms with E-state index in [9.17, 15) is 0 Å². The predicted molar refractivity (Wildman–Crippen MR) is 109 cm³/mol. The second-order valence-electron chi connectivity index (χ2n) is 9.00. The van der Waals surface area contributed by atoms with Crippen LogP contribution in [0.3, 0.4) is 0 Å². The minimum absolute atomic E-state index is 0.110. The lowest BCUT2D eigenvalue weighted by molar-refractivity contribution is -0.262. The summed E-state index contributed by atoms with van der Waals surface area (Å²) in [5.41, 5.74) is 3.03. The summed E-state index contributed by atoms with van der Waals surface area (Å²) in [5.74, 6) is 0.231. The molecule has 1 fully saturated rings. The molecular formula is C23H40O2. The molecule has 0 N–H and O–H groups in total. The molecule has 2 nitrogen and oxygen atoms in total. The summed E-state index contributed by atoms with van der Waals surface area (Å²) in [6.45, 7) is 16.8. The van der Waals surface area contributed by atoms with Gasteiger partial charge in [0.15, 0.2) is 5.79 Å². The van der Waals surface area contributed by atoms with Crippen molar-refractivity contribution in [3.8, 4) is 0 Å². The maximum Gasteiger partial charge on any atom is 0.185 e. The summed E-state index contributed by atoms with van der Waals surface area (Å²) >= 11 is 0. The summed E-state index contributed by atoms with van der Waals surface area (Å²) in [7, 11) is 0. The Morgan fingerprint density at radius 1 is 1.00 bits per heavy atom. The average molecular weight is 349 g/mol. The van der Waals surface area contributed by atoms with Crippen LogP contribution in [0.4, 0.5) is 0 Å². The molecule has 0 aromatic carbocycles. The van der Waals surface area contributed by atoms with Crippen molar-refractivity contribution in [3.63, 3.8) is 0 Å². The van der Waals surface area contributed by atoms with Gasteiger partial charge in [0.2, 0.25) is 0 Å². The fraction of sp³-hybridized carbons (Fsp3) is 0.739. The zero-order valence-electron chi connectivity index (χ0n) is 17.7. The molecule has 1 heterocycles. The topological polar surface area (TPSA) is 18.5 Å². The van der Waals surface area contributed by atoms with E-state index in [1.807, 2.05) is 13.0 Å². The van der Waals surface area contributed by atoms with Gasteiger partial charge < -0.3 is 9.47 Å². The third-order valence-electron chi connectivity index (χ3n) is 4.66. The van der Waals surface area contributed by atoms with Crippen LogP contribution in [-0.4, -0.2) is 19.0 Å². The smallest absolute Gasteiger partial charge is 0.185 e. The summed E-state index contributed by atoms with van der Waals surface area (Å²) in [6, 6.07) is 0. The fourth-order valence-corrected chi connectivity index (χ4v) is 2.76. The zero-order chi connectivity index (χ0) is 18.9. The molecule has 1 saturated heterocycles. The Morgan fingerprint density at radius 3 is 2.24 bits per heavy atom. The molecule has 0 unspecified atom stereocenters. The molecule has 0 saturated carbocycles. The molecule has 0 amide bonds. The van der Waals surface area contributed by atoms with Crippen molar-refractivity contribution in [2.24, 2.45) is 11.3 Å². The van der Waals surface area contributed by atoms with Gasteiger partial charge in [-0.2, -0.15) is 0 Å². The molecule has 0 radical (unpaired) electrons. The van der Waals surface area contributed by atoms with Gasteiger partial charge >= 0.3 is 0 Å². The molecule has 0 spiro atoms. The summed E-state index contributed by atoms with van der Waals surface area (Å²) in [5, 5.41) is 0. The molecule has 0 aliphatic carbocycles. The Balaban J connectivity index is 2.33. The van der Waals surface area contributed by atoms with Crippen LogP contribution in [-0.2, 0) is 9.47 Å². The highest BCUT2D eigenvalue weighted by Gasteiger charge is 2.34. The summed E-state index contributed by atoms with van der Waals surface area (Å²) < 4.78 is 11.8. The molecule has 0 aromatic rings. The Kier molecular flexibility index (Phi) is 9.16. The van der Waals surface area contributed by atoms with Gasteiger partial charge in [0.05, 0.1) is 13.2 Å². The minimum Gasteiger partial charge on any atom is -0.346 e. The largest absolute Gasteiger partial charge is 0.346 e. The predicted octanol–water partition coefficient (Wildman–Crippen LogP) is 6.83. The third-order valence-corrected chi connectivity index (χ3v) is 4.66. The van der Waals surface area contributed by atoms with Gasteiger partial charge in [-0.25, -0.2) is 0 Å². The fourth-order valence-electron chi connectivity index (χ4n) is 2.76. The first-order chi connectivity index (χ1) is 11.6. The molecule has 0 atom stereocenters. The lowest BCUT2D eigenvalue weighted by atomic mass is 9.95. The van der Waals surface area contributed by atoms with E-state index in [1.54, 1.807) is 0 Å². The van der Waals surface area contributed by atoms with Crippen LogP contribution in [0, 0.1) is 11.3 Å². The second-order valence-corrected chi connectivity index (χ2v) is 9.00. The van der Waals surface area contributed by atoms with Crippen LogP contribution in [0.15, 0.2) is 35.5 Å². The van der Waals surface area contributed by atoms with Crippen molar-refractivity contribution >= 4 is 0 Å². The molecule has 0 aromatic heterocycles. The first-order valence-electron chi connectivity index (χ1n) is 9.90. The van der Waals surface area contributed by atoms with E-state index in [4.69, 9.17) is 9.47 Å². The van der Waals surface area contributed by atoms with Crippen molar-refractivity contribution < 1.29 is 9.47 Å².